The van der Waals surface area contributed by atoms with Gasteiger partial charge in [-0.25, -0.2) is 9.37 Å². The molecule has 3 rings (SSSR count). The first-order chi connectivity index (χ1) is 9.28. The van der Waals surface area contributed by atoms with Gasteiger partial charge < -0.3 is 10.2 Å². The number of rotatable bonds is 3. The summed E-state index contributed by atoms with van der Waals surface area (Å²) in [7, 11) is 0. The molecule has 0 aliphatic carbocycles. The van der Waals surface area contributed by atoms with Gasteiger partial charge in [0.2, 0.25) is 0 Å². The van der Waals surface area contributed by atoms with Crippen molar-refractivity contribution in [2.75, 3.05) is 23.3 Å². The topological polar surface area (TPSA) is 41.1 Å². The highest BCUT2D eigenvalue weighted by Gasteiger charge is 2.22. The molecule has 19 heavy (non-hydrogen) atoms. The van der Waals surface area contributed by atoms with Crippen molar-refractivity contribution in [2.24, 2.45) is 0 Å². The molecule has 1 aromatic heterocycles. The Bertz CT molecular complexity index is 600. The quantitative estimate of drug-likeness (QED) is 0.919. The smallest absolute Gasteiger partial charge is 0.154 e. The van der Waals surface area contributed by atoms with Gasteiger partial charge in [0.1, 0.15) is 11.6 Å². The summed E-state index contributed by atoms with van der Waals surface area (Å²) in [5.41, 5.74) is 2.04. The summed E-state index contributed by atoms with van der Waals surface area (Å²) >= 11 is 0. The van der Waals surface area contributed by atoms with Crippen LogP contribution in [0, 0.1) is 5.82 Å². The second kappa shape index (κ2) is 4.84. The van der Waals surface area contributed by atoms with Crippen LogP contribution < -0.4 is 10.2 Å². The molecular weight excluding hydrogens is 243 g/mol. The Morgan fingerprint density at radius 2 is 2.26 bits per heavy atom. The van der Waals surface area contributed by atoms with E-state index in [0.717, 1.165) is 42.4 Å². The lowest BCUT2D eigenvalue weighted by Gasteiger charge is -2.18. The van der Waals surface area contributed by atoms with Crippen LogP contribution in [0.25, 0.3) is 0 Å². The van der Waals surface area contributed by atoms with Gasteiger partial charge in [-0.05, 0) is 31.0 Å². The van der Waals surface area contributed by atoms with E-state index in [1.165, 1.54) is 6.07 Å². The van der Waals surface area contributed by atoms with Crippen LogP contribution in [0.15, 0.2) is 30.6 Å². The van der Waals surface area contributed by atoms with Crippen LogP contribution >= 0.6 is 0 Å². The van der Waals surface area contributed by atoms with Crippen LogP contribution in [-0.2, 0) is 6.42 Å². The largest absolute Gasteiger partial charge is 0.369 e. The van der Waals surface area contributed by atoms with Gasteiger partial charge in [0, 0.05) is 18.8 Å². The lowest BCUT2D eigenvalue weighted by atomic mass is 10.2. The molecule has 1 aromatic carbocycles. The molecule has 98 valence electrons. The Kier molecular flexibility index (Phi) is 3.03. The molecule has 0 radical (unpaired) electrons. The van der Waals surface area contributed by atoms with E-state index >= 15 is 0 Å². The van der Waals surface area contributed by atoms with Crippen molar-refractivity contribution < 1.29 is 4.39 Å². The highest BCUT2D eigenvalue weighted by atomic mass is 19.1. The van der Waals surface area contributed by atoms with Crippen molar-refractivity contribution in [1.29, 1.82) is 0 Å². The fourth-order valence-corrected chi connectivity index (χ4v) is 2.34. The number of benzene rings is 1. The molecule has 1 aliphatic heterocycles. The Labute approximate surface area is 111 Å². The summed E-state index contributed by atoms with van der Waals surface area (Å²) in [6, 6.07) is 4.90. The van der Waals surface area contributed by atoms with Crippen LogP contribution in [0.2, 0.25) is 0 Å². The first-order valence-electron chi connectivity index (χ1n) is 6.40. The standard InChI is InChI=1S/C14H15FN4/c1-2-17-13-8-16-9-14(18-13)19-6-5-10-3-4-11(15)7-12(10)19/h3-4,7-9H,2,5-6H2,1H3,(H,17,18). The molecule has 2 heterocycles. The van der Waals surface area contributed by atoms with Gasteiger partial charge in [-0.1, -0.05) is 6.07 Å². The summed E-state index contributed by atoms with van der Waals surface area (Å²) in [5, 5.41) is 3.13. The Balaban J connectivity index is 1.96. The minimum atomic E-state index is -0.221. The molecule has 1 N–H and O–H groups in total. The third-order valence-electron chi connectivity index (χ3n) is 3.20. The van der Waals surface area contributed by atoms with E-state index in [-0.39, 0.29) is 5.82 Å². The lowest BCUT2D eigenvalue weighted by Crippen LogP contribution is -2.16. The number of fused-ring (bicyclic) bond motifs is 1. The van der Waals surface area contributed by atoms with Gasteiger partial charge in [0.25, 0.3) is 0 Å². The summed E-state index contributed by atoms with van der Waals surface area (Å²) in [6.07, 6.45) is 4.30. The van der Waals surface area contributed by atoms with E-state index in [2.05, 4.69) is 15.3 Å². The molecule has 0 bridgehead atoms. The summed E-state index contributed by atoms with van der Waals surface area (Å²) in [5.74, 6) is 1.27. The summed E-state index contributed by atoms with van der Waals surface area (Å²) < 4.78 is 13.4. The van der Waals surface area contributed by atoms with E-state index < -0.39 is 0 Å². The monoisotopic (exact) mass is 258 g/mol. The van der Waals surface area contributed by atoms with Crippen molar-refractivity contribution in [3.8, 4) is 0 Å². The van der Waals surface area contributed by atoms with E-state index in [4.69, 9.17) is 0 Å². The third kappa shape index (κ3) is 2.23. The number of aromatic nitrogens is 2. The second-order valence-electron chi connectivity index (χ2n) is 4.47. The van der Waals surface area contributed by atoms with Crippen LogP contribution in [0.4, 0.5) is 21.7 Å². The van der Waals surface area contributed by atoms with E-state index in [9.17, 15) is 4.39 Å². The maximum Gasteiger partial charge on any atom is 0.154 e. The highest BCUT2D eigenvalue weighted by molar-refractivity contribution is 5.67. The molecule has 0 saturated heterocycles. The molecular formula is C14H15FN4. The zero-order chi connectivity index (χ0) is 13.2. The second-order valence-corrected chi connectivity index (χ2v) is 4.47. The molecule has 0 amide bonds. The zero-order valence-electron chi connectivity index (χ0n) is 10.7. The fourth-order valence-electron chi connectivity index (χ4n) is 2.34. The maximum absolute atomic E-state index is 13.4. The molecule has 5 heteroatoms. The molecule has 0 saturated carbocycles. The molecule has 0 fully saturated rings. The Morgan fingerprint density at radius 1 is 1.37 bits per heavy atom. The number of hydrogen-bond acceptors (Lipinski definition) is 4. The lowest BCUT2D eigenvalue weighted by molar-refractivity contribution is 0.628. The number of halogens is 1. The normalized spacial score (nSPS) is 13.5. The molecule has 0 atom stereocenters. The first kappa shape index (κ1) is 11.9. The fraction of sp³-hybridized carbons (Fsp3) is 0.286. The SMILES string of the molecule is CCNc1cncc(N2CCc3ccc(F)cc32)n1. The molecule has 1 aliphatic rings. The van der Waals surface area contributed by atoms with Gasteiger partial charge >= 0.3 is 0 Å². The van der Waals surface area contributed by atoms with Crippen LogP contribution in [0.1, 0.15) is 12.5 Å². The molecule has 2 aromatic rings. The van der Waals surface area contributed by atoms with Gasteiger partial charge in [-0.3, -0.25) is 4.98 Å². The Hall–Kier alpha value is -2.17. The molecule has 0 unspecified atom stereocenters. The van der Waals surface area contributed by atoms with Gasteiger partial charge in [-0.2, -0.15) is 0 Å². The minimum absolute atomic E-state index is 0.221. The third-order valence-corrected chi connectivity index (χ3v) is 3.20. The average Bonchev–Trinajstić information content (AvgIpc) is 2.82. The van der Waals surface area contributed by atoms with Crippen LogP contribution in [0.5, 0.6) is 0 Å². The van der Waals surface area contributed by atoms with Crippen molar-refractivity contribution in [2.45, 2.75) is 13.3 Å². The van der Waals surface area contributed by atoms with Crippen molar-refractivity contribution in [3.63, 3.8) is 0 Å². The Morgan fingerprint density at radius 3 is 3.11 bits per heavy atom. The van der Waals surface area contributed by atoms with Gasteiger partial charge in [0.05, 0.1) is 12.4 Å². The average molecular weight is 258 g/mol. The highest BCUT2D eigenvalue weighted by Crippen LogP contribution is 2.33. The predicted octanol–water partition coefficient (Wildman–Crippen LogP) is 2.74. The zero-order valence-corrected chi connectivity index (χ0v) is 10.7. The van der Waals surface area contributed by atoms with Gasteiger partial charge in [-0.15, -0.1) is 0 Å². The van der Waals surface area contributed by atoms with E-state index in [1.807, 2.05) is 17.9 Å². The number of nitrogens with zero attached hydrogens (tertiary/aromatic N) is 3. The summed E-state index contributed by atoms with van der Waals surface area (Å²) in [6.45, 7) is 3.61. The van der Waals surface area contributed by atoms with Crippen LogP contribution in [-0.4, -0.2) is 23.1 Å². The van der Waals surface area contributed by atoms with Crippen molar-refractivity contribution >= 4 is 17.3 Å². The first-order valence-corrected chi connectivity index (χ1v) is 6.40. The minimum Gasteiger partial charge on any atom is -0.369 e. The predicted molar refractivity (Wildman–Crippen MR) is 73.3 cm³/mol. The maximum atomic E-state index is 13.4. The summed E-state index contributed by atoms with van der Waals surface area (Å²) in [4.78, 5) is 10.7. The van der Waals surface area contributed by atoms with Crippen LogP contribution in [0.3, 0.4) is 0 Å². The van der Waals surface area contributed by atoms with E-state index in [1.54, 1.807) is 18.5 Å². The molecule has 0 spiro atoms. The van der Waals surface area contributed by atoms with Crippen molar-refractivity contribution in [3.05, 3.63) is 42.0 Å². The number of hydrogen-bond donors (Lipinski definition) is 1. The van der Waals surface area contributed by atoms with Crippen molar-refractivity contribution in [1.82, 2.24) is 9.97 Å². The number of nitrogens with one attached hydrogen (secondary N) is 1. The number of anilines is 3. The molecule has 4 nitrogen and oxygen atoms in total. The van der Waals surface area contributed by atoms with Gasteiger partial charge in [0.15, 0.2) is 5.82 Å². The van der Waals surface area contributed by atoms with E-state index in [0.29, 0.717) is 0 Å².